The van der Waals surface area contributed by atoms with Crippen LogP contribution in [0.15, 0.2) is 12.2 Å². The number of rotatable bonds is 10. The van der Waals surface area contributed by atoms with Crippen LogP contribution in [0.3, 0.4) is 0 Å². The van der Waals surface area contributed by atoms with E-state index in [1.165, 1.54) is 0 Å². The van der Waals surface area contributed by atoms with Crippen LogP contribution in [-0.4, -0.2) is 36.7 Å². The number of carbonyl (C=O) groups excluding carboxylic acids is 1. The standard InChI is InChI=1S/C14H25NO4/c1-5-14(6-2,13(17)18)9-12(16)15-7-8-19-10-11(3)4/h3,5-10H2,1-2,4H3,(H,15,16)(H,17,18). The average molecular weight is 271 g/mol. The SMILES string of the molecule is C=C(C)COCCNC(=O)CC(CC)(CC)C(=O)O. The van der Waals surface area contributed by atoms with Crippen LogP contribution < -0.4 is 5.32 Å². The van der Waals surface area contributed by atoms with E-state index in [1.54, 1.807) is 13.8 Å². The first-order valence-corrected chi connectivity index (χ1v) is 6.60. The quantitative estimate of drug-likeness (QED) is 0.470. The Hall–Kier alpha value is -1.36. The highest BCUT2D eigenvalue weighted by molar-refractivity contribution is 5.84. The number of carbonyl (C=O) groups is 2. The first-order chi connectivity index (χ1) is 8.88. The van der Waals surface area contributed by atoms with Gasteiger partial charge in [0.25, 0.3) is 0 Å². The van der Waals surface area contributed by atoms with Crippen molar-refractivity contribution in [3.63, 3.8) is 0 Å². The summed E-state index contributed by atoms with van der Waals surface area (Å²) in [4.78, 5) is 23.0. The zero-order valence-corrected chi connectivity index (χ0v) is 12.1. The molecule has 0 atom stereocenters. The van der Waals surface area contributed by atoms with Crippen molar-refractivity contribution in [2.45, 2.75) is 40.0 Å². The van der Waals surface area contributed by atoms with Gasteiger partial charge in [0.1, 0.15) is 0 Å². The smallest absolute Gasteiger partial charge is 0.310 e. The Morgan fingerprint density at radius 3 is 2.32 bits per heavy atom. The third kappa shape index (κ3) is 6.38. The highest BCUT2D eigenvalue weighted by Crippen LogP contribution is 2.30. The maximum absolute atomic E-state index is 11.7. The van der Waals surface area contributed by atoms with Gasteiger partial charge in [0, 0.05) is 13.0 Å². The molecule has 0 fully saturated rings. The predicted molar refractivity (Wildman–Crippen MR) is 73.9 cm³/mol. The minimum Gasteiger partial charge on any atom is -0.481 e. The molecule has 5 heteroatoms. The van der Waals surface area contributed by atoms with Crippen LogP contribution in [0.25, 0.3) is 0 Å². The normalized spacial score (nSPS) is 11.1. The van der Waals surface area contributed by atoms with Crippen LogP contribution in [0.4, 0.5) is 0 Å². The molecule has 19 heavy (non-hydrogen) atoms. The van der Waals surface area contributed by atoms with E-state index in [0.29, 0.717) is 32.6 Å². The molecular weight excluding hydrogens is 246 g/mol. The lowest BCUT2D eigenvalue weighted by atomic mass is 9.79. The van der Waals surface area contributed by atoms with E-state index < -0.39 is 11.4 Å². The topological polar surface area (TPSA) is 75.6 Å². The van der Waals surface area contributed by atoms with Gasteiger partial charge in [-0.1, -0.05) is 26.0 Å². The van der Waals surface area contributed by atoms with Crippen molar-refractivity contribution in [3.05, 3.63) is 12.2 Å². The molecule has 0 bridgehead atoms. The maximum atomic E-state index is 11.7. The van der Waals surface area contributed by atoms with Crippen molar-refractivity contribution in [3.8, 4) is 0 Å². The molecule has 0 aromatic rings. The molecule has 1 amide bonds. The van der Waals surface area contributed by atoms with Gasteiger partial charge in [0.05, 0.1) is 18.6 Å². The monoisotopic (exact) mass is 271 g/mol. The summed E-state index contributed by atoms with van der Waals surface area (Å²) >= 11 is 0. The molecule has 5 nitrogen and oxygen atoms in total. The fourth-order valence-corrected chi connectivity index (χ4v) is 1.76. The second-order valence-electron chi connectivity index (χ2n) is 4.83. The Bertz CT molecular complexity index is 321. The molecule has 0 aliphatic carbocycles. The van der Waals surface area contributed by atoms with Crippen molar-refractivity contribution in [1.29, 1.82) is 0 Å². The van der Waals surface area contributed by atoms with E-state index in [1.807, 2.05) is 6.92 Å². The Kier molecular flexibility index (Phi) is 8.07. The number of aliphatic carboxylic acids is 1. The van der Waals surface area contributed by atoms with Crippen LogP contribution >= 0.6 is 0 Å². The van der Waals surface area contributed by atoms with Crippen LogP contribution in [0, 0.1) is 5.41 Å². The highest BCUT2D eigenvalue weighted by atomic mass is 16.5. The van der Waals surface area contributed by atoms with Gasteiger partial charge in [0.15, 0.2) is 0 Å². The number of hydrogen-bond acceptors (Lipinski definition) is 3. The molecule has 0 saturated heterocycles. The molecule has 0 spiro atoms. The van der Waals surface area contributed by atoms with E-state index in [-0.39, 0.29) is 12.3 Å². The average Bonchev–Trinajstić information content (AvgIpc) is 2.34. The molecule has 0 heterocycles. The molecule has 0 aromatic heterocycles. The second kappa shape index (κ2) is 8.69. The number of amides is 1. The number of ether oxygens (including phenoxy) is 1. The molecule has 2 N–H and O–H groups in total. The van der Waals surface area contributed by atoms with E-state index in [0.717, 1.165) is 5.57 Å². The Morgan fingerprint density at radius 2 is 1.89 bits per heavy atom. The maximum Gasteiger partial charge on any atom is 0.310 e. The van der Waals surface area contributed by atoms with Crippen molar-refractivity contribution >= 4 is 11.9 Å². The Balaban J connectivity index is 4.08. The fourth-order valence-electron chi connectivity index (χ4n) is 1.76. The van der Waals surface area contributed by atoms with E-state index in [9.17, 15) is 14.7 Å². The van der Waals surface area contributed by atoms with Gasteiger partial charge < -0.3 is 15.2 Å². The molecule has 0 rings (SSSR count). The molecule has 0 aliphatic rings. The fraction of sp³-hybridized carbons (Fsp3) is 0.714. The Morgan fingerprint density at radius 1 is 1.32 bits per heavy atom. The third-order valence-corrected chi connectivity index (χ3v) is 3.22. The molecule has 0 saturated carbocycles. The van der Waals surface area contributed by atoms with Gasteiger partial charge in [0.2, 0.25) is 5.91 Å². The predicted octanol–water partition coefficient (Wildman–Crippen LogP) is 1.98. The zero-order chi connectivity index (χ0) is 14.9. The van der Waals surface area contributed by atoms with E-state index in [4.69, 9.17) is 4.74 Å². The lowest BCUT2D eigenvalue weighted by molar-refractivity contribution is -0.152. The summed E-state index contributed by atoms with van der Waals surface area (Å²) in [5.41, 5.74) is -0.0315. The summed E-state index contributed by atoms with van der Waals surface area (Å²) in [6, 6.07) is 0. The molecular formula is C14H25NO4. The third-order valence-electron chi connectivity index (χ3n) is 3.22. The van der Waals surface area contributed by atoms with Gasteiger partial charge >= 0.3 is 5.97 Å². The lowest BCUT2D eigenvalue weighted by Gasteiger charge is -2.25. The molecule has 0 aromatic carbocycles. The highest BCUT2D eigenvalue weighted by Gasteiger charge is 2.36. The summed E-state index contributed by atoms with van der Waals surface area (Å²) in [6.45, 7) is 10.4. The zero-order valence-electron chi connectivity index (χ0n) is 12.1. The first kappa shape index (κ1) is 17.6. The van der Waals surface area contributed by atoms with Crippen molar-refractivity contribution in [2.24, 2.45) is 5.41 Å². The molecule has 110 valence electrons. The summed E-state index contributed by atoms with van der Waals surface area (Å²) in [7, 11) is 0. The van der Waals surface area contributed by atoms with Crippen LogP contribution in [0.5, 0.6) is 0 Å². The minimum absolute atomic E-state index is 0.00974. The summed E-state index contributed by atoms with van der Waals surface area (Å²) in [6.07, 6.45) is 0.895. The number of hydrogen-bond donors (Lipinski definition) is 2. The van der Waals surface area contributed by atoms with Crippen LogP contribution in [0.1, 0.15) is 40.0 Å². The summed E-state index contributed by atoms with van der Waals surface area (Å²) < 4.78 is 5.25. The Labute approximate surface area is 115 Å². The number of carboxylic acids is 1. The van der Waals surface area contributed by atoms with Gasteiger partial charge in [-0.3, -0.25) is 9.59 Å². The van der Waals surface area contributed by atoms with Crippen LogP contribution in [-0.2, 0) is 14.3 Å². The lowest BCUT2D eigenvalue weighted by Crippen LogP contribution is -2.37. The molecule has 0 unspecified atom stereocenters. The molecule has 0 aliphatic heterocycles. The number of nitrogens with one attached hydrogen (secondary N) is 1. The largest absolute Gasteiger partial charge is 0.481 e. The van der Waals surface area contributed by atoms with Gasteiger partial charge in [-0.2, -0.15) is 0 Å². The van der Waals surface area contributed by atoms with Gasteiger partial charge in [-0.25, -0.2) is 0 Å². The van der Waals surface area contributed by atoms with E-state index >= 15 is 0 Å². The van der Waals surface area contributed by atoms with Gasteiger partial charge in [-0.05, 0) is 19.8 Å². The van der Waals surface area contributed by atoms with Crippen molar-refractivity contribution < 1.29 is 19.4 Å². The summed E-state index contributed by atoms with van der Waals surface area (Å²) in [5.74, 6) is -1.16. The first-order valence-electron chi connectivity index (χ1n) is 6.60. The van der Waals surface area contributed by atoms with Crippen molar-refractivity contribution in [2.75, 3.05) is 19.8 Å². The van der Waals surface area contributed by atoms with E-state index in [2.05, 4.69) is 11.9 Å². The second-order valence-corrected chi connectivity index (χ2v) is 4.83. The number of carboxylic acid groups (broad SMARTS) is 1. The minimum atomic E-state index is -0.956. The van der Waals surface area contributed by atoms with Crippen molar-refractivity contribution in [1.82, 2.24) is 5.32 Å². The summed E-state index contributed by atoms with van der Waals surface area (Å²) in [5, 5.41) is 11.9. The molecule has 0 radical (unpaired) electrons. The van der Waals surface area contributed by atoms with Gasteiger partial charge in [-0.15, -0.1) is 0 Å². The van der Waals surface area contributed by atoms with Crippen LogP contribution in [0.2, 0.25) is 0 Å².